The molecule has 0 saturated heterocycles. The number of benzene rings is 1. The van der Waals surface area contributed by atoms with Crippen molar-refractivity contribution in [1.29, 1.82) is 0 Å². The molecule has 0 spiro atoms. The number of rotatable bonds is 6. The maximum Gasteiger partial charge on any atom is 0.348 e. The van der Waals surface area contributed by atoms with Gasteiger partial charge < -0.3 is 13.0 Å². The summed E-state index contributed by atoms with van der Waals surface area (Å²) < 4.78 is 18.2. The van der Waals surface area contributed by atoms with Crippen LogP contribution in [0.15, 0.2) is 18.2 Å². The molecule has 7 heteroatoms. The van der Waals surface area contributed by atoms with E-state index in [-0.39, 0.29) is 0 Å². The molecule has 0 aliphatic rings. The van der Waals surface area contributed by atoms with E-state index in [1.807, 2.05) is 18.2 Å². The van der Waals surface area contributed by atoms with Gasteiger partial charge in [-0.15, -0.1) is 0 Å². The van der Waals surface area contributed by atoms with Crippen molar-refractivity contribution in [3.05, 3.63) is 23.2 Å². The molecule has 0 bridgehead atoms. The van der Waals surface area contributed by atoms with Crippen molar-refractivity contribution >= 4 is 42.0 Å². The maximum absolute atomic E-state index is 6.51. The van der Waals surface area contributed by atoms with Crippen LogP contribution in [0.3, 0.4) is 0 Å². The molecule has 0 unspecified atom stereocenters. The minimum absolute atomic E-state index is 0.604. The Bertz CT molecular complexity index is 479. The molecule has 3 nitrogen and oxygen atoms in total. The third-order valence-corrected chi connectivity index (χ3v) is 12.3. The zero-order valence-corrected chi connectivity index (χ0v) is 18.1. The fraction of sp³-hybridized carbons (Fsp3) is 0.571. The Labute approximate surface area is 137 Å². The van der Waals surface area contributed by atoms with E-state index in [1.165, 1.54) is 0 Å². The van der Waals surface area contributed by atoms with Crippen LogP contribution in [0.5, 0.6) is 5.75 Å². The standard InChI is InChI=1S/C14H27ClO3Si3/c1-16-14-10-9-12(11-13(14)15)21(8,17-19(2,3)4)18-20(5,6)7/h9-11H,1-8H3. The van der Waals surface area contributed by atoms with Gasteiger partial charge in [-0.25, -0.2) is 0 Å². The van der Waals surface area contributed by atoms with Crippen LogP contribution < -0.4 is 9.92 Å². The van der Waals surface area contributed by atoms with E-state index in [0.717, 1.165) is 5.19 Å². The number of halogens is 1. The van der Waals surface area contributed by atoms with E-state index in [2.05, 4.69) is 45.8 Å². The normalized spacial score (nSPS) is 13.4. The Hall–Kier alpha value is -0.119. The second-order valence-corrected chi connectivity index (χ2v) is 20.2. The molecule has 0 aliphatic carbocycles. The average Bonchev–Trinajstić information content (AvgIpc) is 2.23. The molecule has 0 atom stereocenters. The summed E-state index contributed by atoms with van der Waals surface area (Å²) in [7, 11) is -4.32. The summed E-state index contributed by atoms with van der Waals surface area (Å²) in [6.45, 7) is 15.3. The van der Waals surface area contributed by atoms with Gasteiger partial charge in [-0.05, 0) is 63.1 Å². The lowest BCUT2D eigenvalue weighted by molar-refractivity contribution is 0.404. The van der Waals surface area contributed by atoms with Crippen molar-refractivity contribution in [2.45, 2.75) is 45.8 Å². The fourth-order valence-electron chi connectivity index (χ4n) is 2.26. The summed E-state index contributed by atoms with van der Waals surface area (Å²) in [6, 6.07) is 5.86. The Morgan fingerprint density at radius 2 is 1.33 bits per heavy atom. The van der Waals surface area contributed by atoms with Crippen molar-refractivity contribution in [1.82, 2.24) is 0 Å². The van der Waals surface area contributed by atoms with Gasteiger partial charge in [-0.1, -0.05) is 17.7 Å². The Balaban J connectivity index is 3.26. The van der Waals surface area contributed by atoms with Crippen LogP contribution in [-0.2, 0) is 8.23 Å². The second kappa shape index (κ2) is 6.56. The lowest BCUT2D eigenvalue weighted by atomic mass is 10.3. The van der Waals surface area contributed by atoms with Gasteiger partial charge in [-0.3, -0.25) is 0 Å². The highest BCUT2D eigenvalue weighted by Gasteiger charge is 2.42. The molecule has 1 aromatic rings. The topological polar surface area (TPSA) is 27.7 Å². The van der Waals surface area contributed by atoms with Gasteiger partial charge in [0.05, 0.1) is 12.1 Å². The smallest absolute Gasteiger partial charge is 0.348 e. The minimum atomic E-state index is -2.48. The molecule has 0 radical (unpaired) electrons. The molecule has 0 saturated carbocycles. The molecule has 0 N–H and O–H groups in total. The fourth-order valence-corrected chi connectivity index (χ4v) is 14.2. The monoisotopic (exact) mass is 362 g/mol. The minimum Gasteiger partial charge on any atom is -0.495 e. The van der Waals surface area contributed by atoms with Crippen LogP contribution in [0.1, 0.15) is 0 Å². The van der Waals surface area contributed by atoms with E-state index >= 15 is 0 Å². The number of ether oxygens (including phenoxy) is 1. The summed E-state index contributed by atoms with van der Waals surface area (Å²) in [5, 5.41) is 1.67. The first-order valence-electron chi connectivity index (χ1n) is 7.11. The van der Waals surface area contributed by atoms with Crippen LogP contribution in [-0.4, -0.2) is 32.3 Å². The van der Waals surface area contributed by atoms with Gasteiger partial charge in [0.2, 0.25) is 0 Å². The lowest BCUT2D eigenvalue weighted by Crippen LogP contribution is -2.60. The molecule has 1 aromatic carbocycles. The van der Waals surface area contributed by atoms with Gasteiger partial charge >= 0.3 is 8.56 Å². The average molecular weight is 363 g/mol. The van der Waals surface area contributed by atoms with Crippen LogP contribution in [0, 0.1) is 0 Å². The van der Waals surface area contributed by atoms with Crippen LogP contribution in [0.4, 0.5) is 0 Å². The molecular weight excluding hydrogens is 336 g/mol. The molecule has 0 heterocycles. The molecule has 1 rings (SSSR count). The predicted octanol–water partition coefficient (Wildman–Crippen LogP) is 4.33. The molecule has 120 valence electrons. The molecular formula is C14H27ClO3Si3. The van der Waals surface area contributed by atoms with Crippen molar-refractivity contribution < 1.29 is 13.0 Å². The molecule has 0 aliphatic heterocycles. The van der Waals surface area contributed by atoms with Crippen LogP contribution in [0.2, 0.25) is 50.9 Å². The first-order chi connectivity index (χ1) is 9.36. The Morgan fingerprint density at radius 1 is 0.857 bits per heavy atom. The largest absolute Gasteiger partial charge is 0.495 e. The number of hydrogen-bond acceptors (Lipinski definition) is 3. The molecule has 0 amide bonds. The SMILES string of the molecule is COc1ccc([Si](C)(O[Si](C)(C)C)O[Si](C)(C)C)cc1Cl. The van der Waals surface area contributed by atoms with Crippen LogP contribution >= 0.6 is 11.6 Å². The zero-order valence-electron chi connectivity index (χ0n) is 14.3. The Morgan fingerprint density at radius 3 is 1.67 bits per heavy atom. The van der Waals surface area contributed by atoms with Crippen molar-refractivity contribution in [3.63, 3.8) is 0 Å². The van der Waals surface area contributed by atoms with Gasteiger partial charge in [0.15, 0.2) is 16.6 Å². The van der Waals surface area contributed by atoms with E-state index in [1.54, 1.807) is 7.11 Å². The van der Waals surface area contributed by atoms with E-state index in [0.29, 0.717) is 10.8 Å². The van der Waals surface area contributed by atoms with Gasteiger partial charge in [0.1, 0.15) is 5.75 Å². The highest BCUT2D eigenvalue weighted by molar-refractivity contribution is 6.94. The lowest BCUT2D eigenvalue weighted by Gasteiger charge is -2.38. The third kappa shape index (κ3) is 5.88. The highest BCUT2D eigenvalue weighted by Crippen LogP contribution is 2.26. The molecule has 0 aromatic heterocycles. The highest BCUT2D eigenvalue weighted by atomic mass is 35.5. The third-order valence-electron chi connectivity index (χ3n) is 2.68. The number of methoxy groups -OCH3 is 1. The van der Waals surface area contributed by atoms with Gasteiger partial charge in [0.25, 0.3) is 0 Å². The van der Waals surface area contributed by atoms with Crippen molar-refractivity contribution in [3.8, 4) is 5.75 Å². The van der Waals surface area contributed by atoms with Crippen molar-refractivity contribution in [2.75, 3.05) is 7.11 Å². The summed E-state index contributed by atoms with van der Waals surface area (Å²) in [6.07, 6.45) is 0. The molecule has 21 heavy (non-hydrogen) atoms. The first kappa shape index (κ1) is 18.9. The van der Waals surface area contributed by atoms with Crippen LogP contribution in [0.25, 0.3) is 0 Å². The van der Waals surface area contributed by atoms with Gasteiger partial charge in [0, 0.05) is 0 Å². The van der Waals surface area contributed by atoms with Gasteiger partial charge in [-0.2, -0.15) is 0 Å². The summed E-state index contributed by atoms with van der Waals surface area (Å²) >= 11 is 6.29. The Kier molecular flexibility index (Phi) is 5.91. The molecule has 0 fully saturated rings. The predicted molar refractivity (Wildman–Crippen MR) is 98.1 cm³/mol. The summed E-state index contributed by atoms with van der Waals surface area (Å²) in [5.74, 6) is 0.678. The first-order valence-corrected chi connectivity index (χ1v) is 16.6. The zero-order chi connectivity index (χ0) is 16.5. The number of hydrogen-bond donors (Lipinski definition) is 0. The maximum atomic E-state index is 6.51. The second-order valence-electron chi connectivity index (χ2n) is 7.22. The van der Waals surface area contributed by atoms with Crippen molar-refractivity contribution in [2.24, 2.45) is 0 Å². The van der Waals surface area contributed by atoms with E-state index < -0.39 is 25.2 Å². The summed E-state index contributed by atoms with van der Waals surface area (Å²) in [4.78, 5) is 0. The summed E-state index contributed by atoms with van der Waals surface area (Å²) in [5.41, 5.74) is 0. The van der Waals surface area contributed by atoms with E-state index in [4.69, 9.17) is 24.6 Å². The van der Waals surface area contributed by atoms with E-state index in [9.17, 15) is 0 Å². The quantitative estimate of drug-likeness (QED) is 0.705.